The van der Waals surface area contributed by atoms with Crippen LogP contribution in [0.5, 0.6) is 0 Å². The van der Waals surface area contributed by atoms with E-state index in [0.29, 0.717) is 16.3 Å². The third-order valence-electron chi connectivity index (χ3n) is 3.83. The van der Waals surface area contributed by atoms with Crippen molar-refractivity contribution in [2.45, 2.75) is 12.8 Å². The minimum absolute atomic E-state index is 0.0416. The molecule has 6 nitrogen and oxygen atoms in total. The highest BCUT2D eigenvalue weighted by atomic mass is 35.5. The van der Waals surface area contributed by atoms with Crippen molar-refractivity contribution < 1.29 is 9.53 Å². The molecule has 108 valence electrons. The Kier molecular flexibility index (Phi) is 3.76. The number of anilines is 1. The van der Waals surface area contributed by atoms with E-state index in [2.05, 4.69) is 14.9 Å². The predicted molar refractivity (Wildman–Crippen MR) is 80.3 cm³/mol. The number of imidazole rings is 1. The molecule has 3 heterocycles. The minimum atomic E-state index is -0.144. The van der Waals surface area contributed by atoms with Crippen molar-refractivity contribution in [2.75, 3.05) is 25.1 Å². The Morgan fingerprint density at radius 1 is 1.48 bits per heavy atom. The van der Waals surface area contributed by atoms with Gasteiger partial charge in [-0.3, -0.25) is 9.20 Å². The number of carbonyl (C=O) groups is 1. The molecule has 0 amide bonds. The van der Waals surface area contributed by atoms with Crippen molar-refractivity contribution in [1.82, 2.24) is 14.4 Å². The van der Waals surface area contributed by atoms with Crippen LogP contribution in [0.15, 0.2) is 12.4 Å². The Morgan fingerprint density at radius 2 is 2.19 bits per heavy atom. The molecule has 8 heteroatoms. The summed E-state index contributed by atoms with van der Waals surface area (Å²) >= 11 is 6.07. The molecule has 0 spiro atoms. The number of hydrogen-bond donors (Lipinski definition) is 0. The minimum Gasteiger partial charge on any atom is -0.469 e. The Morgan fingerprint density at radius 3 is 2.86 bits per heavy atom. The molecular formula is C13H14BClN4O2. The molecule has 1 aliphatic heterocycles. The van der Waals surface area contributed by atoms with E-state index in [1.165, 1.54) is 7.11 Å². The lowest BCUT2D eigenvalue weighted by Crippen LogP contribution is -2.37. The van der Waals surface area contributed by atoms with Crippen molar-refractivity contribution in [2.24, 2.45) is 5.92 Å². The van der Waals surface area contributed by atoms with Gasteiger partial charge in [0.15, 0.2) is 5.15 Å². The Bertz CT molecular complexity index is 682. The van der Waals surface area contributed by atoms with Crippen LogP contribution < -0.4 is 10.5 Å². The van der Waals surface area contributed by atoms with Gasteiger partial charge in [0.05, 0.1) is 18.5 Å². The van der Waals surface area contributed by atoms with Gasteiger partial charge in [-0.05, 0) is 12.8 Å². The lowest BCUT2D eigenvalue weighted by Gasteiger charge is -2.30. The second kappa shape index (κ2) is 5.56. The summed E-state index contributed by atoms with van der Waals surface area (Å²) < 4.78 is 6.63. The van der Waals surface area contributed by atoms with E-state index in [9.17, 15) is 4.79 Å². The smallest absolute Gasteiger partial charge is 0.308 e. The predicted octanol–water partition coefficient (Wildman–Crippen LogP) is 0.566. The summed E-state index contributed by atoms with van der Waals surface area (Å²) in [6, 6.07) is 0. The zero-order valence-corrected chi connectivity index (χ0v) is 12.4. The van der Waals surface area contributed by atoms with Gasteiger partial charge in [0.1, 0.15) is 7.85 Å². The molecule has 0 N–H and O–H groups in total. The third-order valence-corrected chi connectivity index (χ3v) is 4.11. The summed E-state index contributed by atoms with van der Waals surface area (Å²) in [5, 5.41) is 0.332. The maximum absolute atomic E-state index is 11.6. The molecule has 1 saturated heterocycles. The SMILES string of the molecule is [B]c1nc(N2CCC(C(=O)OC)CC2)n2ccnc(Cl)c12. The van der Waals surface area contributed by atoms with Crippen molar-refractivity contribution in [1.29, 1.82) is 0 Å². The highest BCUT2D eigenvalue weighted by molar-refractivity contribution is 6.41. The van der Waals surface area contributed by atoms with Gasteiger partial charge in [0.2, 0.25) is 5.95 Å². The number of carbonyl (C=O) groups excluding carboxylic acids is 1. The van der Waals surface area contributed by atoms with E-state index in [-0.39, 0.29) is 11.9 Å². The molecule has 2 radical (unpaired) electrons. The van der Waals surface area contributed by atoms with Crippen LogP contribution in [0.25, 0.3) is 5.52 Å². The summed E-state index contributed by atoms with van der Waals surface area (Å²) in [5.41, 5.74) is 0.974. The maximum atomic E-state index is 11.6. The van der Waals surface area contributed by atoms with Crippen molar-refractivity contribution in [3.05, 3.63) is 17.5 Å². The number of aromatic nitrogens is 3. The molecule has 0 aliphatic carbocycles. The highest BCUT2D eigenvalue weighted by Gasteiger charge is 2.27. The number of methoxy groups -OCH3 is 1. The van der Waals surface area contributed by atoms with Gasteiger partial charge >= 0.3 is 5.97 Å². The second-order valence-corrected chi connectivity index (χ2v) is 5.38. The molecular weight excluding hydrogens is 290 g/mol. The number of piperidine rings is 1. The van der Waals surface area contributed by atoms with Crippen molar-refractivity contribution in [3.8, 4) is 0 Å². The fourth-order valence-corrected chi connectivity index (χ4v) is 2.96. The number of rotatable bonds is 2. The Labute approximate surface area is 128 Å². The molecule has 0 aromatic carbocycles. The fraction of sp³-hybridized carbons (Fsp3) is 0.462. The van der Waals surface area contributed by atoms with Gasteiger partial charge in [-0.25, -0.2) is 9.97 Å². The number of halogens is 1. The van der Waals surface area contributed by atoms with Crippen LogP contribution in [-0.4, -0.2) is 48.4 Å². The van der Waals surface area contributed by atoms with Gasteiger partial charge in [-0.2, -0.15) is 0 Å². The summed E-state index contributed by atoms with van der Waals surface area (Å²) in [7, 11) is 7.35. The monoisotopic (exact) mass is 304 g/mol. The quantitative estimate of drug-likeness (QED) is 0.599. The standard InChI is InChI=1S/C13H14BClN4O2/c1-21-12(20)8-2-5-18(6-3-8)13-17-10(14)9-11(15)16-4-7-19(9)13/h4,7-8H,2-3,5-6H2,1H3. The van der Waals surface area contributed by atoms with Gasteiger partial charge < -0.3 is 9.64 Å². The summed E-state index contributed by atoms with van der Waals surface area (Å²) in [6.07, 6.45) is 4.87. The van der Waals surface area contributed by atoms with Crippen LogP contribution in [0.2, 0.25) is 5.15 Å². The zero-order chi connectivity index (χ0) is 15.0. The maximum Gasteiger partial charge on any atom is 0.308 e. The van der Waals surface area contributed by atoms with Gasteiger partial charge in [-0.15, -0.1) is 0 Å². The number of nitrogens with zero attached hydrogens (tertiary/aromatic N) is 4. The van der Waals surface area contributed by atoms with Crippen LogP contribution in [0.4, 0.5) is 5.95 Å². The largest absolute Gasteiger partial charge is 0.469 e. The van der Waals surface area contributed by atoms with E-state index < -0.39 is 0 Å². The molecule has 0 saturated carbocycles. The normalized spacial score (nSPS) is 16.4. The number of ether oxygens (including phenoxy) is 1. The van der Waals surface area contributed by atoms with Crippen molar-refractivity contribution in [3.63, 3.8) is 0 Å². The first-order valence-corrected chi connectivity index (χ1v) is 7.10. The highest BCUT2D eigenvalue weighted by Crippen LogP contribution is 2.24. The van der Waals surface area contributed by atoms with E-state index in [1.807, 2.05) is 4.40 Å². The van der Waals surface area contributed by atoms with Gasteiger partial charge in [-0.1, -0.05) is 11.6 Å². The summed E-state index contributed by atoms with van der Waals surface area (Å²) in [5.74, 6) is 0.546. The molecule has 0 unspecified atom stereocenters. The van der Waals surface area contributed by atoms with E-state index in [0.717, 1.165) is 31.9 Å². The topological polar surface area (TPSA) is 59.7 Å². The van der Waals surface area contributed by atoms with E-state index in [1.54, 1.807) is 12.4 Å². The molecule has 2 aromatic rings. The molecule has 0 atom stereocenters. The average molecular weight is 305 g/mol. The number of hydrogen-bond acceptors (Lipinski definition) is 5. The van der Waals surface area contributed by atoms with Crippen LogP contribution in [0, 0.1) is 5.92 Å². The first kappa shape index (κ1) is 14.2. The Hall–Kier alpha value is -1.76. The van der Waals surface area contributed by atoms with Crippen molar-refractivity contribution >= 4 is 42.5 Å². The van der Waals surface area contributed by atoms with Gasteiger partial charge in [0.25, 0.3) is 0 Å². The lowest BCUT2D eigenvalue weighted by molar-refractivity contribution is -0.146. The lowest BCUT2D eigenvalue weighted by atomic mass is 9.97. The second-order valence-electron chi connectivity index (χ2n) is 5.02. The molecule has 21 heavy (non-hydrogen) atoms. The van der Waals surface area contributed by atoms with Crippen LogP contribution >= 0.6 is 11.6 Å². The van der Waals surface area contributed by atoms with E-state index in [4.69, 9.17) is 24.2 Å². The first-order chi connectivity index (χ1) is 10.1. The third kappa shape index (κ3) is 2.46. The van der Waals surface area contributed by atoms with Crippen LogP contribution in [0.1, 0.15) is 12.8 Å². The van der Waals surface area contributed by atoms with Gasteiger partial charge in [0, 0.05) is 31.1 Å². The summed E-state index contributed by atoms with van der Waals surface area (Å²) in [4.78, 5) is 22.1. The molecule has 2 aromatic heterocycles. The molecule has 1 fully saturated rings. The van der Waals surface area contributed by atoms with Crippen LogP contribution in [-0.2, 0) is 9.53 Å². The molecule has 0 bridgehead atoms. The molecule has 3 rings (SSSR count). The zero-order valence-electron chi connectivity index (χ0n) is 11.6. The average Bonchev–Trinajstić information content (AvgIpc) is 2.85. The Balaban J connectivity index is 1.86. The first-order valence-electron chi connectivity index (χ1n) is 6.72. The summed E-state index contributed by atoms with van der Waals surface area (Å²) in [6.45, 7) is 1.44. The molecule has 1 aliphatic rings. The number of fused-ring (bicyclic) bond motifs is 1. The number of esters is 1. The van der Waals surface area contributed by atoms with E-state index >= 15 is 0 Å². The fourth-order valence-electron chi connectivity index (χ4n) is 2.72. The van der Waals surface area contributed by atoms with Crippen LogP contribution in [0.3, 0.4) is 0 Å².